The van der Waals surface area contributed by atoms with Crippen molar-refractivity contribution in [2.45, 2.75) is 13.0 Å². The van der Waals surface area contributed by atoms with Crippen LogP contribution in [0.1, 0.15) is 23.6 Å². The fourth-order valence-electron chi connectivity index (χ4n) is 4.31. The summed E-state index contributed by atoms with van der Waals surface area (Å²) in [7, 11) is 0. The normalized spacial score (nSPS) is 15.5. The SMILES string of the molecule is C#CC(C)NC(=O)C1=C2C(=C(c3ccccc3)C1=O)c1cccc3cccc2c13. The van der Waals surface area contributed by atoms with Gasteiger partial charge >= 0.3 is 0 Å². The van der Waals surface area contributed by atoms with E-state index in [1.165, 1.54) is 0 Å². The maximum Gasteiger partial charge on any atom is 0.256 e. The summed E-state index contributed by atoms with van der Waals surface area (Å²) in [6.07, 6.45) is 5.43. The van der Waals surface area contributed by atoms with E-state index in [0.717, 1.165) is 33.0 Å². The number of ketones is 1. The van der Waals surface area contributed by atoms with Crippen LogP contribution in [-0.2, 0) is 9.59 Å². The van der Waals surface area contributed by atoms with Gasteiger partial charge in [-0.25, -0.2) is 0 Å². The molecule has 0 saturated carbocycles. The van der Waals surface area contributed by atoms with Crippen LogP contribution in [0.3, 0.4) is 0 Å². The molecule has 1 unspecified atom stereocenters. The Morgan fingerprint density at radius 2 is 1.55 bits per heavy atom. The van der Waals surface area contributed by atoms with Gasteiger partial charge in [-0.1, -0.05) is 72.7 Å². The van der Waals surface area contributed by atoms with E-state index < -0.39 is 11.9 Å². The number of carbonyl (C=O) groups is 2. The summed E-state index contributed by atoms with van der Waals surface area (Å²) < 4.78 is 0. The fourth-order valence-corrected chi connectivity index (χ4v) is 4.31. The molecule has 0 aliphatic heterocycles. The zero-order valence-electron chi connectivity index (χ0n) is 15.8. The Balaban J connectivity index is 1.83. The highest BCUT2D eigenvalue weighted by Crippen LogP contribution is 2.54. The van der Waals surface area contributed by atoms with E-state index >= 15 is 0 Å². The van der Waals surface area contributed by atoms with Gasteiger partial charge in [-0.3, -0.25) is 9.59 Å². The van der Waals surface area contributed by atoms with Gasteiger partial charge in [0.05, 0.1) is 11.6 Å². The molecule has 0 bridgehead atoms. The molecule has 2 aliphatic carbocycles. The molecule has 0 fully saturated rings. The molecule has 3 aromatic rings. The number of rotatable bonds is 3. The van der Waals surface area contributed by atoms with Crippen LogP contribution in [0, 0.1) is 12.3 Å². The Labute approximate surface area is 168 Å². The van der Waals surface area contributed by atoms with Crippen LogP contribution in [0.15, 0.2) is 72.3 Å². The number of terminal acetylenes is 1. The fraction of sp³-hybridized carbons (Fsp3) is 0.0769. The van der Waals surface area contributed by atoms with E-state index in [-0.39, 0.29) is 11.4 Å². The van der Waals surface area contributed by atoms with Crippen molar-refractivity contribution in [3.05, 3.63) is 89.0 Å². The molecular formula is C26H17NO2. The summed E-state index contributed by atoms with van der Waals surface area (Å²) in [5, 5.41) is 4.93. The van der Waals surface area contributed by atoms with Gasteiger partial charge in [-0.05, 0) is 34.4 Å². The average molecular weight is 375 g/mol. The number of amides is 1. The van der Waals surface area contributed by atoms with E-state index in [1.54, 1.807) is 6.92 Å². The first-order valence-electron chi connectivity index (χ1n) is 9.50. The monoisotopic (exact) mass is 375 g/mol. The lowest BCUT2D eigenvalue weighted by Crippen LogP contribution is -2.34. The van der Waals surface area contributed by atoms with E-state index in [2.05, 4.69) is 23.4 Å². The third-order valence-corrected chi connectivity index (χ3v) is 5.53. The van der Waals surface area contributed by atoms with Crippen LogP contribution in [-0.4, -0.2) is 17.7 Å². The summed E-state index contributed by atoms with van der Waals surface area (Å²) in [4.78, 5) is 26.6. The standard InChI is InChI=1S/C26H17NO2/c1-3-15(2)27-26(29)24-23-19-14-8-12-16-11-7-13-18(20(16)19)22(23)21(25(24)28)17-9-5-4-6-10-17/h1,4-15H,2H3,(H,27,29). The van der Waals surface area contributed by atoms with Crippen molar-refractivity contribution < 1.29 is 9.59 Å². The molecule has 2 aliphatic rings. The van der Waals surface area contributed by atoms with Gasteiger partial charge in [0.15, 0.2) is 5.78 Å². The van der Waals surface area contributed by atoms with Gasteiger partial charge in [0.1, 0.15) is 0 Å². The number of benzene rings is 3. The van der Waals surface area contributed by atoms with Crippen molar-refractivity contribution in [1.82, 2.24) is 5.32 Å². The first-order valence-corrected chi connectivity index (χ1v) is 9.50. The van der Waals surface area contributed by atoms with Crippen molar-refractivity contribution in [2.75, 3.05) is 0 Å². The van der Waals surface area contributed by atoms with Crippen LogP contribution in [0.2, 0.25) is 0 Å². The summed E-state index contributed by atoms with van der Waals surface area (Å²) in [6, 6.07) is 21.1. The third kappa shape index (κ3) is 2.40. The van der Waals surface area contributed by atoms with E-state index in [9.17, 15) is 9.59 Å². The van der Waals surface area contributed by atoms with Crippen LogP contribution in [0.25, 0.3) is 27.5 Å². The molecule has 0 radical (unpaired) electrons. The van der Waals surface area contributed by atoms with E-state index in [0.29, 0.717) is 11.1 Å². The molecule has 3 nitrogen and oxygen atoms in total. The van der Waals surface area contributed by atoms with Crippen molar-refractivity contribution in [2.24, 2.45) is 0 Å². The molecule has 138 valence electrons. The molecule has 3 heteroatoms. The lowest BCUT2D eigenvalue weighted by molar-refractivity contribution is -0.120. The van der Waals surface area contributed by atoms with Crippen LogP contribution < -0.4 is 5.32 Å². The largest absolute Gasteiger partial charge is 0.339 e. The van der Waals surface area contributed by atoms with Gasteiger partial charge in [-0.2, -0.15) is 0 Å². The third-order valence-electron chi connectivity index (χ3n) is 5.53. The first kappa shape index (κ1) is 17.2. The minimum Gasteiger partial charge on any atom is -0.339 e. The second-order valence-electron chi connectivity index (χ2n) is 7.27. The number of Topliss-reactive ketones (excluding diaryl/α,β-unsaturated/α-hetero) is 1. The number of hydrogen-bond donors (Lipinski definition) is 1. The Hall–Kier alpha value is -3.90. The van der Waals surface area contributed by atoms with Crippen molar-refractivity contribution in [3.8, 4) is 12.3 Å². The van der Waals surface area contributed by atoms with Crippen LogP contribution >= 0.6 is 0 Å². The van der Waals surface area contributed by atoms with Gasteiger partial charge in [0.25, 0.3) is 5.91 Å². The Morgan fingerprint density at radius 1 is 0.897 bits per heavy atom. The first-order chi connectivity index (χ1) is 14.1. The number of nitrogens with one attached hydrogen (secondary N) is 1. The topological polar surface area (TPSA) is 46.2 Å². The maximum absolute atomic E-state index is 13.5. The smallest absolute Gasteiger partial charge is 0.256 e. The highest BCUT2D eigenvalue weighted by atomic mass is 16.2. The van der Waals surface area contributed by atoms with E-state index in [4.69, 9.17) is 6.42 Å². The molecule has 5 rings (SSSR count). The van der Waals surface area contributed by atoms with Gasteiger partial charge in [0.2, 0.25) is 0 Å². The molecule has 29 heavy (non-hydrogen) atoms. The average Bonchev–Trinajstić information content (AvgIpc) is 3.22. The molecule has 0 saturated heterocycles. The lowest BCUT2D eigenvalue weighted by Gasteiger charge is -2.11. The predicted molar refractivity (Wildman–Crippen MR) is 116 cm³/mol. The quantitative estimate of drug-likeness (QED) is 0.550. The summed E-state index contributed by atoms with van der Waals surface area (Å²) >= 11 is 0. The summed E-state index contributed by atoms with van der Waals surface area (Å²) in [5.41, 5.74) is 5.02. The van der Waals surface area contributed by atoms with Gasteiger partial charge in [0, 0.05) is 16.7 Å². The predicted octanol–water partition coefficient (Wildman–Crippen LogP) is 4.24. The summed E-state index contributed by atoms with van der Waals surface area (Å²) in [5.74, 6) is 1.81. The number of allylic oxidation sites excluding steroid dienone is 3. The van der Waals surface area contributed by atoms with Crippen molar-refractivity contribution in [1.29, 1.82) is 0 Å². The molecule has 0 aromatic heterocycles. The lowest BCUT2D eigenvalue weighted by atomic mass is 9.95. The minimum absolute atomic E-state index is 0.171. The Morgan fingerprint density at radius 3 is 2.21 bits per heavy atom. The molecular weight excluding hydrogens is 358 g/mol. The van der Waals surface area contributed by atoms with Crippen molar-refractivity contribution >= 4 is 39.2 Å². The Bertz CT molecular complexity index is 1310. The number of fused-ring (bicyclic) bond motifs is 3. The summed E-state index contributed by atoms with van der Waals surface area (Å²) in [6.45, 7) is 1.72. The number of hydrogen-bond acceptors (Lipinski definition) is 2. The van der Waals surface area contributed by atoms with Crippen LogP contribution in [0.5, 0.6) is 0 Å². The second-order valence-corrected chi connectivity index (χ2v) is 7.27. The molecule has 1 atom stereocenters. The van der Waals surface area contributed by atoms with Gasteiger partial charge in [-0.15, -0.1) is 6.42 Å². The maximum atomic E-state index is 13.5. The molecule has 1 N–H and O–H groups in total. The second kappa shape index (κ2) is 6.32. The molecule has 0 spiro atoms. The van der Waals surface area contributed by atoms with Crippen LogP contribution in [0.4, 0.5) is 0 Å². The zero-order valence-corrected chi connectivity index (χ0v) is 15.8. The van der Waals surface area contributed by atoms with Crippen molar-refractivity contribution in [3.63, 3.8) is 0 Å². The Kier molecular flexibility index (Phi) is 3.75. The molecule has 3 aromatic carbocycles. The highest BCUT2D eigenvalue weighted by Gasteiger charge is 2.42. The minimum atomic E-state index is -0.466. The zero-order chi connectivity index (χ0) is 20.1. The molecule has 0 heterocycles. The highest BCUT2D eigenvalue weighted by molar-refractivity contribution is 6.56. The van der Waals surface area contributed by atoms with E-state index in [1.807, 2.05) is 54.6 Å². The number of carbonyl (C=O) groups excluding carboxylic acids is 2. The molecule has 1 amide bonds. The van der Waals surface area contributed by atoms with Gasteiger partial charge < -0.3 is 5.32 Å².